The average molecular weight is 433 g/mol. The number of ether oxygens (including phenoxy) is 1. The third-order valence-corrected chi connectivity index (χ3v) is 7.56. The Bertz CT molecular complexity index is 713. The lowest BCUT2D eigenvalue weighted by Gasteiger charge is -2.23. The van der Waals surface area contributed by atoms with Gasteiger partial charge in [0.1, 0.15) is 5.75 Å². The second-order valence-electron chi connectivity index (χ2n) is 7.62. The fourth-order valence-corrected chi connectivity index (χ4v) is 5.59. The maximum absolute atomic E-state index is 12.9. The number of hydrogen-bond acceptors (Lipinski definition) is 5. The van der Waals surface area contributed by atoms with Gasteiger partial charge in [0.25, 0.3) is 0 Å². The Balaban J connectivity index is 1.49. The smallest absolute Gasteiger partial charge is 0.238 e. The summed E-state index contributed by atoms with van der Waals surface area (Å²) in [4.78, 5) is 14.1. The molecule has 1 atom stereocenters. The van der Waals surface area contributed by atoms with Gasteiger partial charge in [-0.3, -0.25) is 4.79 Å². The van der Waals surface area contributed by atoms with Crippen LogP contribution in [0.2, 0.25) is 0 Å². The van der Waals surface area contributed by atoms with E-state index in [2.05, 4.69) is 28.1 Å². The minimum absolute atomic E-state index is 0.0773. The van der Waals surface area contributed by atoms with Gasteiger partial charge in [-0.15, -0.1) is 11.3 Å². The molecule has 1 saturated carbocycles. The lowest BCUT2D eigenvalue weighted by molar-refractivity contribution is -0.122. The molecule has 6 heteroatoms. The maximum atomic E-state index is 12.9. The highest BCUT2D eigenvalue weighted by atomic mass is 32.2. The highest BCUT2D eigenvalue weighted by Crippen LogP contribution is 2.27. The highest BCUT2D eigenvalue weighted by molar-refractivity contribution is 7.99. The number of benzene rings is 1. The first kappa shape index (κ1) is 22.2. The highest BCUT2D eigenvalue weighted by Gasteiger charge is 2.20. The van der Waals surface area contributed by atoms with Crippen molar-refractivity contribution in [3.8, 4) is 5.75 Å². The van der Waals surface area contributed by atoms with Crippen molar-refractivity contribution in [2.45, 2.75) is 51.2 Å². The van der Waals surface area contributed by atoms with Crippen molar-refractivity contribution in [2.75, 3.05) is 18.6 Å². The summed E-state index contributed by atoms with van der Waals surface area (Å²) in [5.74, 6) is 3.72. The predicted octanol–water partition coefficient (Wildman–Crippen LogP) is 4.84. The summed E-state index contributed by atoms with van der Waals surface area (Å²) in [6.45, 7) is 1.27. The lowest BCUT2D eigenvalue weighted by Crippen LogP contribution is -2.45. The van der Waals surface area contributed by atoms with E-state index in [1.807, 2.05) is 36.0 Å². The zero-order chi connectivity index (χ0) is 20.3. The molecule has 29 heavy (non-hydrogen) atoms. The van der Waals surface area contributed by atoms with Crippen LogP contribution >= 0.6 is 23.1 Å². The zero-order valence-electron chi connectivity index (χ0n) is 17.2. The van der Waals surface area contributed by atoms with Crippen LogP contribution < -0.4 is 15.4 Å². The third-order valence-electron chi connectivity index (χ3n) is 5.41. The predicted molar refractivity (Wildman–Crippen MR) is 124 cm³/mol. The molecule has 2 aromatic rings. The quantitative estimate of drug-likeness (QED) is 0.533. The number of amides is 1. The molecule has 0 spiro atoms. The van der Waals surface area contributed by atoms with Gasteiger partial charge in [0, 0.05) is 23.7 Å². The van der Waals surface area contributed by atoms with Crippen LogP contribution in [0.1, 0.15) is 42.5 Å². The molecule has 1 aromatic heterocycles. The molecule has 158 valence electrons. The first-order chi connectivity index (χ1) is 14.2. The summed E-state index contributed by atoms with van der Waals surface area (Å²) >= 11 is 3.65. The Hall–Kier alpha value is -1.50. The summed E-state index contributed by atoms with van der Waals surface area (Å²) in [5.41, 5.74) is 1.08. The molecule has 0 bridgehead atoms. The molecule has 1 aromatic carbocycles. The molecule has 0 aliphatic heterocycles. The Morgan fingerprint density at radius 1 is 1.17 bits per heavy atom. The van der Waals surface area contributed by atoms with Crippen molar-refractivity contribution in [3.63, 3.8) is 0 Å². The summed E-state index contributed by atoms with van der Waals surface area (Å²) in [6, 6.07) is 11.8. The molecular formula is C23H32N2O2S2. The van der Waals surface area contributed by atoms with Crippen LogP contribution in [0.25, 0.3) is 0 Å². The van der Waals surface area contributed by atoms with E-state index in [1.54, 1.807) is 18.4 Å². The molecule has 1 aliphatic carbocycles. The van der Waals surface area contributed by atoms with Crippen molar-refractivity contribution in [1.82, 2.24) is 10.6 Å². The summed E-state index contributed by atoms with van der Waals surface area (Å²) in [6.07, 6.45) is 6.83. The maximum Gasteiger partial charge on any atom is 0.238 e. The first-order valence-corrected chi connectivity index (χ1v) is 12.5. The molecule has 3 rings (SSSR count). The molecule has 4 nitrogen and oxygen atoms in total. The number of methoxy groups -OCH3 is 1. The fraction of sp³-hybridized carbons (Fsp3) is 0.522. The zero-order valence-corrected chi connectivity index (χ0v) is 18.8. The largest absolute Gasteiger partial charge is 0.497 e. The van der Waals surface area contributed by atoms with Gasteiger partial charge in [-0.25, -0.2) is 0 Å². The number of carbonyl (C=O) groups is 1. The molecule has 0 unspecified atom stereocenters. The minimum atomic E-state index is -0.177. The van der Waals surface area contributed by atoms with Crippen LogP contribution in [0.15, 0.2) is 41.8 Å². The van der Waals surface area contributed by atoms with Crippen LogP contribution in [0.3, 0.4) is 0 Å². The summed E-state index contributed by atoms with van der Waals surface area (Å²) in [5, 5.41) is 8.65. The van der Waals surface area contributed by atoms with Gasteiger partial charge in [0.2, 0.25) is 5.91 Å². The molecule has 1 heterocycles. The van der Waals surface area contributed by atoms with Gasteiger partial charge in [-0.2, -0.15) is 11.8 Å². The van der Waals surface area contributed by atoms with Crippen LogP contribution in [0.5, 0.6) is 5.75 Å². The Morgan fingerprint density at radius 3 is 2.66 bits per heavy atom. The van der Waals surface area contributed by atoms with E-state index in [0.29, 0.717) is 6.54 Å². The van der Waals surface area contributed by atoms with Crippen LogP contribution in [-0.4, -0.2) is 30.6 Å². The summed E-state index contributed by atoms with van der Waals surface area (Å²) < 4.78 is 5.20. The minimum Gasteiger partial charge on any atom is -0.497 e. The van der Waals surface area contributed by atoms with E-state index >= 15 is 0 Å². The van der Waals surface area contributed by atoms with Gasteiger partial charge in [0.05, 0.1) is 13.2 Å². The van der Waals surface area contributed by atoms with Crippen LogP contribution in [-0.2, 0) is 17.9 Å². The molecule has 1 fully saturated rings. The van der Waals surface area contributed by atoms with Crippen molar-refractivity contribution in [1.29, 1.82) is 0 Å². The van der Waals surface area contributed by atoms with E-state index in [9.17, 15) is 4.79 Å². The number of thioether (sulfide) groups is 1. The summed E-state index contributed by atoms with van der Waals surface area (Å²) in [7, 11) is 1.66. The van der Waals surface area contributed by atoms with Gasteiger partial charge in [0.15, 0.2) is 0 Å². The van der Waals surface area contributed by atoms with E-state index in [-0.39, 0.29) is 11.9 Å². The number of rotatable bonds is 11. The third kappa shape index (κ3) is 7.68. The fourth-order valence-electron chi connectivity index (χ4n) is 3.63. The van der Waals surface area contributed by atoms with Crippen molar-refractivity contribution >= 4 is 29.0 Å². The molecule has 0 radical (unpaired) electrons. The average Bonchev–Trinajstić information content (AvgIpc) is 3.29. The van der Waals surface area contributed by atoms with E-state index in [1.165, 1.54) is 42.7 Å². The monoisotopic (exact) mass is 432 g/mol. The normalized spacial score (nSPS) is 15.8. The molecule has 0 saturated heterocycles. The standard InChI is InChI=1S/C23H32N2O2S2/c1-27-20-11-9-18(10-12-20)14-25-23(26)22(24-15-21-8-5-13-29-21)17-28-16-19-6-3-2-4-7-19/h5,8-13,19,22,24H,2-4,6-7,14-17H2,1H3,(H,25,26)/t22-/m0/s1. The number of hydrogen-bond donors (Lipinski definition) is 2. The van der Waals surface area contributed by atoms with Crippen molar-refractivity contribution < 1.29 is 9.53 Å². The number of thiophene rings is 1. The molecule has 2 N–H and O–H groups in total. The Morgan fingerprint density at radius 2 is 1.97 bits per heavy atom. The number of nitrogens with one attached hydrogen (secondary N) is 2. The Labute approximate surface area is 182 Å². The van der Waals surface area contributed by atoms with E-state index in [0.717, 1.165) is 29.5 Å². The van der Waals surface area contributed by atoms with E-state index < -0.39 is 0 Å². The van der Waals surface area contributed by atoms with Crippen LogP contribution in [0.4, 0.5) is 0 Å². The van der Waals surface area contributed by atoms with Gasteiger partial charge in [-0.1, -0.05) is 37.5 Å². The molecular weight excluding hydrogens is 400 g/mol. The molecule has 1 aliphatic rings. The molecule has 1 amide bonds. The number of carbonyl (C=O) groups excluding carboxylic acids is 1. The second-order valence-corrected chi connectivity index (χ2v) is 9.73. The second kappa shape index (κ2) is 12.3. The Kier molecular flexibility index (Phi) is 9.38. The van der Waals surface area contributed by atoms with Gasteiger partial charge < -0.3 is 15.4 Å². The first-order valence-electron chi connectivity index (χ1n) is 10.5. The van der Waals surface area contributed by atoms with E-state index in [4.69, 9.17) is 4.74 Å². The van der Waals surface area contributed by atoms with Gasteiger partial charge >= 0.3 is 0 Å². The topological polar surface area (TPSA) is 50.4 Å². The van der Waals surface area contributed by atoms with Crippen molar-refractivity contribution in [3.05, 3.63) is 52.2 Å². The van der Waals surface area contributed by atoms with Crippen LogP contribution in [0, 0.1) is 5.92 Å². The SMILES string of the molecule is COc1ccc(CNC(=O)[C@H](CSCC2CCCCC2)NCc2cccs2)cc1. The van der Waals surface area contributed by atoms with Crippen molar-refractivity contribution in [2.24, 2.45) is 5.92 Å². The van der Waals surface area contributed by atoms with Gasteiger partial charge in [-0.05, 0) is 53.7 Å². The lowest BCUT2D eigenvalue weighted by atomic mass is 9.91.